The number of amides is 1. The monoisotopic (exact) mass is 611 g/mol. The molecule has 240 valence electrons. The van der Waals surface area contributed by atoms with Gasteiger partial charge < -0.3 is 20.5 Å². The minimum absolute atomic E-state index is 0.000379. The number of carbonyl (C=O) groups excluding carboxylic acids is 2. The Morgan fingerprint density at radius 2 is 1.77 bits per heavy atom. The van der Waals surface area contributed by atoms with Crippen LogP contribution in [0.2, 0.25) is 0 Å². The summed E-state index contributed by atoms with van der Waals surface area (Å²) in [6, 6.07) is 11.5. The number of esters is 1. The Kier molecular flexibility index (Phi) is 9.50. The van der Waals surface area contributed by atoms with Crippen LogP contribution in [0.5, 0.6) is 0 Å². The van der Waals surface area contributed by atoms with Gasteiger partial charge in [-0.1, -0.05) is 64.3 Å². The van der Waals surface area contributed by atoms with Gasteiger partial charge in [0.2, 0.25) is 5.91 Å². The van der Waals surface area contributed by atoms with Crippen LogP contribution in [0.25, 0.3) is 0 Å². The fourth-order valence-electron chi connectivity index (χ4n) is 7.40. The van der Waals surface area contributed by atoms with Crippen LogP contribution in [0, 0.1) is 11.6 Å². The lowest BCUT2D eigenvalue weighted by atomic mass is 9.74. The van der Waals surface area contributed by atoms with E-state index in [2.05, 4.69) is 55.7 Å². The molecule has 44 heavy (non-hydrogen) atoms. The first-order valence-electron chi connectivity index (χ1n) is 16.0. The summed E-state index contributed by atoms with van der Waals surface area (Å²) in [6.45, 7) is 7.37. The van der Waals surface area contributed by atoms with Crippen LogP contribution < -0.4 is 10.6 Å². The first kappa shape index (κ1) is 32.5. The van der Waals surface area contributed by atoms with Gasteiger partial charge >= 0.3 is 5.97 Å². The lowest BCUT2D eigenvalue weighted by molar-refractivity contribution is -0.142. The molecule has 0 radical (unpaired) electrons. The second-order valence-corrected chi connectivity index (χ2v) is 14.1. The lowest BCUT2D eigenvalue weighted by Crippen LogP contribution is -2.57. The van der Waals surface area contributed by atoms with Crippen molar-refractivity contribution in [3.63, 3.8) is 0 Å². The van der Waals surface area contributed by atoms with Crippen LogP contribution in [0.15, 0.2) is 42.5 Å². The summed E-state index contributed by atoms with van der Waals surface area (Å²) in [7, 11) is 1.32. The number of hydrogen-bond donors (Lipinski definition) is 3. The van der Waals surface area contributed by atoms with Crippen LogP contribution >= 0.6 is 0 Å². The number of aliphatic hydroxyl groups excluding tert-OH is 1. The van der Waals surface area contributed by atoms with Gasteiger partial charge in [-0.2, -0.15) is 0 Å². The summed E-state index contributed by atoms with van der Waals surface area (Å²) in [5, 5.41) is 18.7. The van der Waals surface area contributed by atoms with Crippen molar-refractivity contribution in [3.8, 4) is 0 Å². The quantitative estimate of drug-likeness (QED) is 0.326. The molecule has 2 aromatic rings. The van der Waals surface area contributed by atoms with E-state index in [1.54, 1.807) is 4.90 Å². The molecule has 0 bridgehead atoms. The highest BCUT2D eigenvalue weighted by molar-refractivity contribution is 5.84. The van der Waals surface area contributed by atoms with Gasteiger partial charge in [0.25, 0.3) is 0 Å². The molecule has 3 fully saturated rings. The zero-order valence-corrected chi connectivity index (χ0v) is 26.4. The Balaban J connectivity index is 1.40. The average Bonchev–Trinajstić information content (AvgIpc) is 3.53. The molecule has 0 spiro atoms. The van der Waals surface area contributed by atoms with Crippen molar-refractivity contribution in [2.24, 2.45) is 0 Å². The molecule has 3 N–H and O–H groups in total. The van der Waals surface area contributed by atoms with E-state index in [-0.39, 0.29) is 30.0 Å². The maximum atomic E-state index is 14.3. The molecule has 3 unspecified atom stereocenters. The van der Waals surface area contributed by atoms with Crippen molar-refractivity contribution in [1.29, 1.82) is 0 Å². The van der Waals surface area contributed by atoms with Crippen molar-refractivity contribution in [3.05, 3.63) is 70.8 Å². The SMILES string of the molecule is COC(=O)CN1CCCC1C(=O)NC1([C@H](O)CNC2(c3cccc(C(C)(C)C)c3)CCCCC2)CC1c1cc(F)cc(F)c1. The minimum atomic E-state index is -1.10. The Labute approximate surface area is 259 Å². The Hall–Kier alpha value is -2.88. The summed E-state index contributed by atoms with van der Waals surface area (Å²) >= 11 is 0. The third kappa shape index (κ3) is 6.85. The number of nitrogens with zero attached hydrogens (tertiary/aromatic N) is 1. The van der Waals surface area contributed by atoms with E-state index in [9.17, 15) is 23.5 Å². The molecule has 3 aliphatic rings. The zero-order valence-electron chi connectivity index (χ0n) is 26.4. The van der Waals surface area contributed by atoms with Crippen LogP contribution in [-0.2, 0) is 25.3 Å². The highest BCUT2D eigenvalue weighted by atomic mass is 19.1. The van der Waals surface area contributed by atoms with E-state index in [1.165, 1.54) is 30.4 Å². The van der Waals surface area contributed by atoms with Gasteiger partial charge in [0.05, 0.1) is 31.3 Å². The van der Waals surface area contributed by atoms with Crippen LogP contribution in [0.4, 0.5) is 8.78 Å². The molecule has 2 aromatic carbocycles. The molecule has 7 nitrogen and oxygen atoms in total. The van der Waals surface area contributed by atoms with Crippen molar-refractivity contribution in [2.75, 3.05) is 26.7 Å². The summed E-state index contributed by atoms with van der Waals surface area (Å²) < 4.78 is 33.4. The predicted molar refractivity (Wildman–Crippen MR) is 165 cm³/mol. The van der Waals surface area contributed by atoms with E-state index in [0.717, 1.165) is 44.6 Å². The molecular weight excluding hydrogens is 564 g/mol. The summed E-state index contributed by atoms with van der Waals surface area (Å²) in [6.07, 6.45) is 5.78. The lowest BCUT2D eigenvalue weighted by Gasteiger charge is -2.41. The normalized spacial score (nSPS) is 25.8. The van der Waals surface area contributed by atoms with Crippen LogP contribution in [0.3, 0.4) is 0 Å². The number of likely N-dealkylation sites (tertiary alicyclic amines) is 1. The molecule has 1 amide bonds. The maximum Gasteiger partial charge on any atom is 0.319 e. The molecule has 2 saturated carbocycles. The predicted octanol–water partition coefficient (Wildman–Crippen LogP) is 5.05. The van der Waals surface area contributed by atoms with Gasteiger partial charge in [0.15, 0.2) is 0 Å². The van der Waals surface area contributed by atoms with E-state index in [4.69, 9.17) is 4.74 Å². The van der Waals surface area contributed by atoms with E-state index >= 15 is 0 Å². The molecule has 4 atom stereocenters. The second kappa shape index (κ2) is 12.9. The molecule has 9 heteroatoms. The van der Waals surface area contributed by atoms with E-state index in [0.29, 0.717) is 24.9 Å². The summed E-state index contributed by atoms with van der Waals surface area (Å²) in [5.41, 5.74) is 1.40. The molecule has 2 aliphatic carbocycles. The third-order valence-corrected chi connectivity index (χ3v) is 10.1. The topological polar surface area (TPSA) is 90.9 Å². The molecule has 0 aromatic heterocycles. The maximum absolute atomic E-state index is 14.3. The number of aliphatic hydroxyl groups is 1. The van der Waals surface area contributed by atoms with Crippen LogP contribution in [-0.4, -0.2) is 66.3 Å². The fraction of sp³-hybridized carbons (Fsp3) is 0.600. The van der Waals surface area contributed by atoms with Crippen molar-refractivity contribution in [2.45, 2.75) is 107 Å². The van der Waals surface area contributed by atoms with Crippen LogP contribution in [0.1, 0.15) is 94.7 Å². The van der Waals surface area contributed by atoms with Gasteiger partial charge in [-0.15, -0.1) is 0 Å². The number of carbonyl (C=O) groups is 2. The fourth-order valence-corrected chi connectivity index (χ4v) is 7.40. The number of rotatable bonds is 10. The first-order valence-corrected chi connectivity index (χ1v) is 16.0. The van der Waals surface area contributed by atoms with Crippen molar-refractivity contribution >= 4 is 11.9 Å². The Bertz CT molecular complexity index is 1340. The molecule has 5 rings (SSSR count). The largest absolute Gasteiger partial charge is 0.468 e. The number of halogens is 2. The Morgan fingerprint density at radius 3 is 2.43 bits per heavy atom. The summed E-state index contributed by atoms with van der Waals surface area (Å²) in [4.78, 5) is 27.5. The zero-order chi connectivity index (χ0) is 31.7. The first-order chi connectivity index (χ1) is 20.9. The molecule has 1 heterocycles. The number of methoxy groups -OCH3 is 1. The molecule has 1 aliphatic heterocycles. The van der Waals surface area contributed by atoms with E-state index in [1.807, 2.05) is 0 Å². The molecular formula is C35H47F2N3O4. The smallest absolute Gasteiger partial charge is 0.319 e. The molecule has 1 saturated heterocycles. The number of nitrogens with one attached hydrogen (secondary N) is 2. The van der Waals surface area contributed by atoms with Gasteiger partial charge in [-0.25, -0.2) is 8.78 Å². The Morgan fingerprint density at radius 1 is 1.07 bits per heavy atom. The standard InChI is InChI=1S/C35H47F2N3O4/c1-33(2,3)24-10-8-11-25(18-24)34(13-6-5-7-14-34)38-21-30(41)35(20-28(35)23-16-26(36)19-27(37)17-23)39-32(43)29-12-9-15-40(29)22-31(42)44-4/h8,10-11,16-19,28-30,38,41H,5-7,9,12-15,20-22H2,1-4H3,(H,39,43)/t28?,29?,30-,35?/m1/s1. The third-order valence-electron chi connectivity index (χ3n) is 10.1. The van der Waals surface area contributed by atoms with Crippen molar-refractivity contribution in [1.82, 2.24) is 15.5 Å². The highest BCUT2D eigenvalue weighted by Crippen LogP contribution is 2.54. The van der Waals surface area contributed by atoms with Gasteiger partial charge in [0.1, 0.15) is 11.6 Å². The average molecular weight is 612 g/mol. The van der Waals surface area contributed by atoms with Crippen molar-refractivity contribution < 1.29 is 28.2 Å². The van der Waals surface area contributed by atoms with Gasteiger partial charge in [0, 0.05) is 24.1 Å². The van der Waals surface area contributed by atoms with Gasteiger partial charge in [-0.3, -0.25) is 14.5 Å². The minimum Gasteiger partial charge on any atom is -0.468 e. The number of ether oxygens (including phenoxy) is 1. The highest BCUT2D eigenvalue weighted by Gasteiger charge is 2.61. The second-order valence-electron chi connectivity index (χ2n) is 14.1. The van der Waals surface area contributed by atoms with E-state index < -0.39 is 41.2 Å². The van der Waals surface area contributed by atoms with Gasteiger partial charge in [-0.05, 0) is 72.9 Å². The number of benzene rings is 2. The number of hydrogen-bond acceptors (Lipinski definition) is 6. The summed E-state index contributed by atoms with van der Waals surface area (Å²) in [5.74, 6) is -2.57.